The molecule has 3 aromatic rings. The molecule has 2 aliphatic rings. The Balaban J connectivity index is 1.26. The third-order valence-electron chi connectivity index (χ3n) is 5.73. The summed E-state index contributed by atoms with van der Waals surface area (Å²) in [7, 11) is 0. The van der Waals surface area contributed by atoms with Gasteiger partial charge in [0.1, 0.15) is 23.9 Å². The Hall–Kier alpha value is -2.93. The van der Waals surface area contributed by atoms with Gasteiger partial charge in [-0.25, -0.2) is 14.2 Å². The summed E-state index contributed by atoms with van der Waals surface area (Å²) >= 11 is 0. The lowest BCUT2D eigenvalue weighted by atomic mass is 10.2. The maximum absolute atomic E-state index is 14.0. The number of aromatic nitrogens is 2. The molecule has 1 fully saturated rings. The highest BCUT2D eigenvalue weighted by molar-refractivity contribution is 5.87. The van der Waals surface area contributed by atoms with Crippen LogP contribution in [0.4, 0.5) is 15.9 Å². The fourth-order valence-corrected chi connectivity index (χ4v) is 4.31. The average molecular weight is 380 g/mol. The number of fused-ring (bicyclic) bond motifs is 3. The van der Waals surface area contributed by atoms with Gasteiger partial charge >= 0.3 is 5.69 Å². The Morgan fingerprint density at radius 2 is 1.79 bits per heavy atom. The normalized spacial score (nSPS) is 19.6. The summed E-state index contributed by atoms with van der Waals surface area (Å²) in [5, 5.41) is 4.58. The molecule has 144 valence electrons. The zero-order chi connectivity index (χ0) is 19.1. The Labute approximate surface area is 162 Å². The molecule has 1 aromatic heterocycles. The van der Waals surface area contributed by atoms with Crippen LogP contribution in [0, 0.1) is 5.82 Å². The first-order valence-electron chi connectivity index (χ1n) is 9.72. The molecule has 1 atom stereocenters. The predicted molar refractivity (Wildman–Crippen MR) is 107 cm³/mol. The number of benzene rings is 2. The van der Waals surface area contributed by atoms with Crippen molar-refractivity contribution in [2.75, 3.05) is 42.9 Å². The summed E-state index contributed by atoms with van der Waals surface area (Å²) in [6.45, 7) is 4.88. The number of para-hydroxylation sites is 2. The summed E-state index contributed by atoms with van der Waals surface area (Å²) in [5.74, 6) is 0.737. The van der Waals surface area contributed by atoms with Crippen molar-refractivity contribution in [3.63, 3.8) is 0 Å². The molecule has 2 N–H and O–H groups in total. The Morgan fingerprint density at radius 1 is 1.04 bits per heavy atom. The Bertz CT molecular complexity index is 1070. The van der Waals surface area contributed by atoms with Crippen molar-refractivity contribution in [2.45, 2.75) is 12.6 Å². The van der Waals surface area contributed by atoms with Crippen LogP contribution in [0.2, 0.25) is 0 Å². The van der Waals surface area contributed by atoms with Gasteiger partial charge in [0.25, 0.3) is 0 Å². The van der Waals surface area contributed by atoms with E-state index in [9.17, 15) is 9.18 Å². The number of aromatic amines is 1. The quantitative estimate of drug-likeness (QED) is 0.678. The van der Waals surface area contributed by atoms with Crippen molar-refractivity contribution in [3.8, 4) is 0 Å². The highest BCUT2D eigenvalue weighted by atomic mass is 19.1. The van der Waals surface area contributed by atoms with Crippen LogP contribution < -0.4 is 20.5 Å². The molecule has 0 spiro atoms. The molecule has 0 saturated carbocycles. The van der Waals surface area contributed by atoms with Gasteiger partial charge in [-0.15, -0.1) is 0 Å². The van der Waals surface area contributed by atoms with Gasteiger partial charge in [0, 0.05) is 32.7 Å². The van der Waals surface area contributed by atoms with E-state index in [0.717, 1.165) is 49.4 Å². The first kappa shape index (κ1) is 17.2. The van der Waals surface area contributed by atoms with Crippen LogP contribution in [0.25, 0.3) is 10.9 Å². The number of anilines is 2. The second-order valence-electron chi connectivity index (χ2n) is 7.52. The number of hydrogen-bond acceptors (Lipinski definition) is 4. The fourth-order valence-electron chi connectivity index (χ4n) is 4.31. The number of nitrogens with zero attached hydrogens (tertiary/aromatic N) is 3. The second-order valence-corrected chi connectivity index (χ2v) is 7.52. The van der Waals surface area contributed by atoms with Crippen LogP contribution in [0.5, 0.6) is 0 Å². The molecule has 1 saturated heterocycles. The summed E-state index contributed by atoms with van der Waals surface area (Å²) in [6.07, 6.45) is 0. The smallest absolute Gasteiger partial charge is 0.367 e. The molecule has 0 amide bonds. The van der Waals surface area contributed by atoms with Crippen molar-refractivity contribution in [2.24, 2.45) is 0 Å². The number of hydrogen-bond donors (Lipinski definition) is 2. The maximum Gasteiger partial charge on any atom is 0.441 e. The van der Waals surface area contributed by atoms with Crippen molar-refractivity contribution in [3.05, 3.63) is 64.8 Å². The van der Waals surface area contributed by atoms with Crippen LogP contribution >= 0.6 is 0 Å². The molecular weight excluding hydrogens is 357 g/mol. The number of H-pyrrole nitrogens is 1. The van der Waals surface area contributed by atoms with Gasteiger partial charge in [0.2, 0.25) is 5.82 Å². The van der Waals surface area contributed by atoms with Crippen molar-refractivity contribution in [1.29, 1.82) is 0 Å². The average Bonchev–Trinajstić information content (AvgIpc) is 3.14. The highest BCUT2D eigenvalue weighted by Crippen LogP contribution is 2.22. The molecule has 0 aliphatic carbocycles. The zero-order valence-electron chi connectivity index (χ0n) is 15.6. The van der Waals surface area contributed by atoms with E-state index in [4.69, 9.17) is 0 Å². The molecule has 5 rings (SSSR count). The van der Waals surface area contributed by atoms with E-state index in [1.807, 2.05) is 36.4 Å². The SMILES string of the molecule is O=c1[nH]c2ccccc2c2[n+]1C[C@H](CN1CCN(c3ccccc3F)CC1)N2. The van der Waals surface area contributed by atoms with Gasteiger partial charge in [-0.3, -0.25) is 10.2 Å². The van der Waals surface area contributed by atoms with E-state index >= 15 is 0 Å². The standard InChI is InChI=1S/C21H22FN5O/c22-17-6-2-4-8-19(17)26-11-9-25(10-12-26)13-15-14-27-20(23-15)16-5-1-3-7-18(16)24-21(27)28/h1-8,15H,9-14H2,(H,23,24,28)/p+1/t15-/m0/s1. The van der Waals surface area contributed by atoms with Crippen molar-refractivity contribution in [1.82, 2.24) is 9.88 Å². The van der Waals surface area contributed by atoms with Gasteiger partial charge in [0.15, 0.2) is 0 Å². The number of nitrogens with one attached hydrogen (secondary N) is 2. The van der Waals surface area contributed by atoms with Crippen LogP contribution in [0.3, 0.4) is 0 Å². The summed E-state index contributed by atoms with van der Waals surface area (Å²) in [5.41, 5.74) is 1.46. The van der Waals surface area contributed by atoms with E-state index < -0.39 is 0 Å². The molecule has 3 heterocycles. The maximum atomic E-state index is 14.0. The van der Waals surface area contributed by atoms with E-state index in [-0.39, 0.29) is 17.5 Å². The van der Waals surface area contributed by atoms with Gasteiger partial charge in [0.05, 0.1) is 11.1 Å². The number of piperazine rings is 1. The summed E-state index contributed by atoms with van der Waals surface area (Å²) in [4.78, 5) is 19.9. The summed E-state index contributed by atoms with van der Waals surface area (Å²) in [6, 6.07) is 15.0. The molecule has 6 nitrogen and oxygen atoms in total. The molecule has 2 aromatic carbocycles. The molecule has 28 heavy (non-hydrogen) atoms. The van der Waals surface area contributed by atoms with Crippen molar-refractivity contribution < 1.29 is 8.96 Å². The number of rotatable bonds is 3. The minimum absolute atomic E-state index is 0.0759. The zero-order valence-corrected chi connectivity index (χ0v) is 15.6. The third kappa shape index (κ3) is 3.01. The summed E-state index contributed by atoms with van der Waals surface area (Å²) < 4.78 is 15.8. The minimum atomic E-state index is -0.161. The molecule has 0 unspecified atom stereocenters. The van der Waals surface area contributed by atoms with Crippen LogP contribution in [0.15, 0.2) is 53.3 Å². The topological polar surface area (TPSA) is 55.3 Å². The van der Waals surface area contributed by atoms with E-state index in [2.05, 4.69) is 20.1 Å². The molecule has 2 aliphatic heterocycles. The molecule has 0 radical (unpaired) electrons. The first-order chi connectivity index (χ1) is 13.7. The van der Waals surface area contributed by atoms with Crippen LogP contribution in [0.1, 0.15) is 0 Å². The minimum Gasteiger partial charge on any atom is -0.367 e. The van der Waals surface area contributed by atoms with Gasteiger partial charge < -0.3 is 4.90 Å². The molecule has 7 heteroatoms. The lowest BCUT2D eigenvalue weighted by Crippen LogP contribution is -2.53. The van der Waals surface area contributed by atoms with Gasteiger partial charge in [-0.05, 0) is 24.3 Å². The highest BCUT2D eigenvalue weighted by Gasteiger charge is 2.32. The lowest BCUT2D eigenvalue weighted by molar-refractivity contribution is -0.689. The van der Waals surface area contributed by atoms with E-state index in [0.29, 0.717) is 12.2 Å². The fraction of sp³-hybridized carbons (Fsp3) is 0.333. The van der Waals surface area contributed by atoms with E-state index in [1.165, 1.54) is 6.07 Å². The Morgan fingerprint density at radius 3 is 2.61 bits per heavy atom. The number of halogens is 1. The predicted octanol–water partition coefficient (Wildman–Crippen LogP) is 1.57. The second kappa shape index (κ2) is 6.91. The van der Waals surface area contributed by atoms with E-state index in [1.54, 1.807) is 10.6 Å². The lowest BCUT2D eigenvalue weighted by Gasteiger charge is -2.36. The van der Waals surface area contributed by atoms with Crippen LogP contribution in [-0.4, -0.2) is 48.6 Å². The van der Waals surface area contributed by atoms with Gasteiger partial charge in [-0.1, -0.05) is 24.3 Å². The Kier molecular flexibility index (Phi) is 4.24. The van der Waals surface area contributed by atoms with Gasteiger partial charge in [-0.2, -0.15) is 4.57 Å². The first-order valence-corrected chi connectivity index (χ1v) is 9.72. The molecule has 0 bridgehead atoms. The molecular formula is C21H23FN5O+. The van der Waals surface area contributed by atoms with Crippen molar-refractivity contribution >= 4 is 22.4 Å². The third-order valence-corrected chi connectivity index (χ3v) is 5.73. The van der Waals surface area contributed by atoms with Crippen LogP contribution in [-0.2, 0) is 6.54 Å². The monoisotopic (exact) mass is 380 g/mol. The largest absolute Gasteiger partial charge is 0.441 e.